The van der Waals surface area contributed by atoms with Crippen LogP contribution in [0, 0.1) is 6.92 Å². The van der Waals surface area contributed by atoms with E-state index in [0.717, 1.165) is 11.1 Å². The van der Waals surface area contributed by atoms with Gasteiger partial charge in [-0.1, -0.05) is 31.5 Å². The van der Waals surface area contributed by atoms with Gasteiger partial charge in [-0.15, -0.1) is 0 Å². The van der Waals surface area contributed by atoms with E-state index in [-0.39, 0.29) is 0 Å². The standard InChI is InChI=1S/C13H10N2O.C2H6/c1-9-4-6-10(7-5-9)13-15-12-11(16-13)3-2-8-14-12;1-2/h2-8H,1H3;1-2H3. The van der Waals surface area contributed by atoms with Gasteiger partial charge in [0, 0.05) is 11.8 Å². The second kappa shape index (κ2) is 5.45. The van der Waals surface area contributed by atoms with Gasteiger partial charge in [0.2, 0.25) is 5.89 Å². The lowest BCUT2D eigenvalue weighted by Gasteiger charge is -1.94. The van der Waals surface area contributed by atoms with E-state index in [0.29, 0.717) is 11.5 Å². The fourth-order valence-electron chi connectivity index (χ4n) is 1.59. The monoisotopic (exact) mass is 240 g/mol. The van der Waals surface area contributed by atoms with Crippen molar-refractivity contribution in [1.82, 2.24) is 9.97 Å². The zero-order valence-corrected chi connectivity index (χ0v) is 10.8. The fourth-order valence-corrected chi connectivity index (χ4v) is 1.59. The Morgan fingerprint density at radius 3 is 2.39 bits per heavy atom. The highest BCUT2D eigenvalue weighted by Gasteiger charge is 2.07. The van der Waals surface area contributed by atoms with E-state index in [1.807, 2.05) is 50.2 Å². The Balaban J connectivity index is 0.000000574. The van der Waals surface area contributed by atoms with E-state index in [1.54, 1.807) is 6.20 Å². The topological polar surface area (TPSA) is 38.9 Å². The van der Waals surface area contributed by atoms with E-state index in [1.165, 1.54) is 5.56 Å². The molecule has 0 aliphatic rings. The summed E-state index contributed by atoms with van der Waals surface area (Å²) >= 11 is 0. The van der Waals surface area contributed by atoms with Crippen LogP contribution in [0.1, 0.15) is 19.4 Å². The molecule has 92 valence electrons. The van der Waals surface area contributed by atoms with Crippen LogP contribution in [-0.2, 0) is 0 Å². The maximum absolute atomic E-state index is 5.62. The van der Waals surface area contributed by atoms with E-state index in [9.17, 15) is 0 Å². The number of aromatic nitrogens is 2. The minimum Gasteiger partial charge on any atom is -0.434 e. The van der Waals surface area contributed by atoms with E-state index in [2.05, 4.69) is 16.9 Å². The van der Waals surface area contributed by atoms with Crippen LogP contribution >= 0.6 is 0 Å². The van der Waals surface area contributed by atoms with Gasteiger partial charge in [-0.05, 0) is 31.2 Å². The van der Waals surface area contributed by atoms with Gasteiger partial charge in [0.15, 0.2) is 11.2 Å². The molecule has 0 N–H and O–H groups in total. The second-order valence-corrected chi connectivity index (χ2v) is 3.71. The van der Waals surface area contributed by atoms with Crippen LogP contribution in [0.3, 0.4) is 0 Å². The van der Waals surface area contributed by atoms with Gasteiger partial charge < -0.3 is 4.42 Å². The van der Waals surface area contributed by atoms with Crippen LogP contribution in [0.25, 0.3) is 22.7 Å². The fraction of sp³-hybridized carbons (Fsp3) is 0.200. The Labute approximate surface area is 107 Å². The highest BCUT2D eigenvalue weighted by molar-refractivity contribution is 5.71. The third kappa shape index (κ3) is 2.40. The molecule has 3 nitrogen and oxygen atoms in total. The molecule has 0 atom stereocenters. The van der Waals surface area contributed by atoms with Gasteiger partial charge in [0.25, 0.3) is 0 Å². The molecule has 0 aliphatic heterocycles. The van der Waals surface area contributed by atoms with E-state index >= 15 is 0 Å². The molecule has 0 amide bonds. The number of benzene rings is 1. The summed E-state index contributed by atoms with van der Waals surface area (Å²) in [5.41, 5.74) is 3.57. The molecule has 2 aromatic heterocycles. The average Bonchev–Trinajstić information content (AvgIpc) is 2.85. The molecule has 0 bridgehead atoms. The predicted molar refractivity (Wildman–Crippen MR) is 73.3 cm³/mol. The number of rotatable bonds is 1. The number of nitrogens with zero attached hydrogens (tertiary/aromatic N) is 2. The van der Waals surface area contributed by atoms with Gasteiger partial charge >= 0.3 is 0 Å². The molecule has 2 heterocycles. The highest BCUT2D eigenvalue weighted by Crippen LogP contribution is 2.22. The summed E-state index contributed by atoms with van der Waals surface area (Å²) in [6.07, 6.45) is 1.71. The average molecular weight is 240 g/mol. The Bertz CT molecular complexity index is 593. The van der Waals surface area contributed by atoms with Crippen molar-refractivity contribution < 1.29 is 4.42 Å². The Morgan fingerprint density at radius 2 is 1.72 bits per heavy atom. The number of fused-ring (bicyclic) bond motifs is 1. The van der Waals surface area contributed by atoms with E-state index in [4.69, 9.17) is 4.42 Å². The summed E-state index contributed by atoms with van der Waals surface area (Å²) in [5.74, 6) is 0.619. The van der Waals surface area contributed by atoms with Gasteiger partial charge in [-0.2, -0.15) is 4.98 Å². The third-order valence-corrected chi connectivity index (χ3v) is 2.46. The highest BCUT2D eigenvalue weighted by atomic mass is 16.3. The molecular weight excluding hydrogens is 224 g/mol. The van der Waals surface area contributed by atoms with Crippen LogP contribution in [-0.4, -0.2) is 9.97 Å². The molecule has 3 rings (SSSR count). The first-order valence-corrected chi connectivity index (χ1v) is 6.11. The summed E-state index contributed by atoms with van der Waals surface area (Å²) in [6.45, 7) is 6.05. The number of hydrogen-bond donors (Lipinski definition) is 0. The van der Waals surface area contributed by atoms with Gasteiger partial charge in [0.1, 0.15) is 0 Å². The van der Waals surface area contributed by atoms with Crippen LogP contribution in [0.5, 0.6) is 0 Å². The van der Waals surface area contributed by atoms with Crippen molar-refractivity contribution in [3.8, 4) is 11.5 Å². The van der Waals surface area contributed by atoms with Gasteiger partial charge in [0.05, 0.1) is 0 Å². The van der Waals surface area contributed by atoms with Gasteiger partial charge in [-0.3, -0.25) is 0 Å². The predicted octanol–water partition coefficient (Wildman–Crippen LogP) is 4.22. The molecule has 3 aromatic rings. The number of pyridine rings is 1. The first-order valence-electron chi connectivity index (χ1n) is 6.11. The van der Waals surface area contributed by atoms with Crippen LogP contribution in [0.15, 0.2) is 47.0 Å². The summed E-state index contributed by atoms with van der Waals surface area (Å²) in [5, 5.41) is 0. The molecule has 3 heteroatoms. The van der Waals surface area contributed by atoms with Crippen molar-refractivity contribution in [2.24, 2.45) is 0 Å². The van der Waals surface area contributed by atoms with Crippen molar-refractivity contribution in [2.75, 3.05) is 0 Å². The van der Waals surface area contributed by atoms with Crippen molar-refractivity contribution in [1.29, 1.82) is 0 Å². The Kier molecular flexibility index (Phi) is 3.72. The SMILES string of the molecule is CC.Cc1ccc(-c2nc3ncccc3o2)cc1. The largest absolute Gasteiger partial charge is 0.434 e. The quantitative estimate of drug-likeness (QED) is 0.639. The molecule has 0 aliphatic carbocycles. The second-order valence-electron chi connectivity index (χ2n) is 3.71. The number of oxazole rings is 1. The normalized spacial score (nSPS) is 9.94. The smallest absolute Gasteiger partial charge is 0.228 e. The van der Waals surface area contributed by atoms with E-state index < -0.39 is 0 Å². The summed E-state index contributed by atoms with van der Waals surface area (Å²) in [7, 11) is 0. The minimum absolute atomic E-state index is 0.619. The first kappa shape index (κ1) is 12.3. The van der Waals surface area contributed by atoms with Crippen molar-refractivity contribution in [3.05, 3.63) is 48.2 Å². The molecule has 0 saturated heterocycles. The minimum atomic E-state index is 0.619. The van der Waals surface area contributed by atoms with Crippen LogP contribution < -0.4 is 0 Å². The summed E-state index contributed by atoms with van der Waals surface area (Å²) < 4.78 is 5.62. The molecule has 0 fully saturated rings. The number of hydrogen-bond acceptors (Lipinski definition) is 3. The maximum Gasteiger partial charge on any atom is 0.228 e. The molecule has 18 heavy (non-hydrogen) atoms. The zero-order valence-electron chi connectivity index (χ0n) is 10.8. The van der Waals surface area contributed by atoms with Crippen LogP contribution in [0.2, 0.25) is 0 Å². The first-order chi connectivity index (χ1) is 8.83. The molecule has 1 aromatic carbocycles. The van der Waals surface area contributed by atoms with Gasteiger partial charge in [-0.25, -0.2) is 4.98 Å². The zero-order chi connectivity index (χ0) is 13.0. The summed E-state index contributed by atoms with van der Waals surface area (Å²) in [4.78, 5) is 8.47. The van der Waals surface area contributed by atoms with Crippen molar-refractivity contribution in [2.45, 2.75) is 20.8 Å². The molecule has 0 unspecified atom stereocenters. The molecule has 0 spiro atoms. The lowest BCUT2D eigenvalue weighted by Crippen LogP contribution is -1.78. The Hall–Kier alpha value is -2.16. The molecule has 0 radical (unpaired) electrons. The lowest BCUT2D eigenvalue weighted by atomic mass is 10.1. The van der Waals surface area contributed by atoms with Crippen molar-refractivity contribution >= 4 is 11.2 Å². The lowest BCUT2D eigenvalue weighted by molar-refractivity contribution is 0.619. The molecular formula is C15H16N2O. The Morgan fingerprint density at radius 1 is 1.00 bits per heavy atom. The summed E-state index contributed by atoms with van der Waals surface area (Å²) in [6, 6.07) is 11.8. The van der Waals surface area contributed by atoms with Crippen molar-refractivity contribution in [3.63, 3.8) is 0 Å². The number of aryl methyl sites for hydroxylation is 1. The third-order valence-electron chi connectivity index (χ3n) is 2.46. The van der Waals surface area contributed by atoms with Crippen LogP contribution in [0.4, 0.5) is 0 Å². The molecule has 0 saturated carbocycles. The maximum atomic E-state index is 5.62.